The molecule has 0 saturated carbocycles. The van der Waals surface area contributed by atoms with Gasteiger partial charge in [0.2, 0.25) is 0 Å². The molecule has 1 aromatic carbocycles. The smallest absolute Gasteiger partial charge is 0.335 e. The Bertz CT molecular complexity index is 1130. The molecular formula is C18H17N5O2S. The molecule has 4 aromatic rings. The van der Waals surface area contributed by atoms with E-state index in [1.54, 1.807) is 29.5 Å². The summed E-state index contributed by atoms with van der Waals surface area (Å²) in [5, 5.41) is 12.4. The number of imidazole rings is 1. The molecule has 0 aliphatic carbocycles. The van der Waals surface area contributed by atoms with Crippen molar-refractivity contribution in [3.63, 3.8) is 0 Å². The molecule has 0 radical (unpaired) electrons. The number of nitrogens with zero attached hydrogens (tertiary/aromatic N) is 3. The largest absolute Gasteiger partial charge is 0.478 e. The van der Waals surface area contributed by atoms with Gasteiger partial charge in [-0.05, 0) is 30.7 Å². The number of nitrogens with one attached hydrogen (secondary N) is 1. The normalized spacial score (nSPS) is 11.3. The van der Waals surface area contributed by atoms with Crippen molar-refractivity contribution in [3.8, 4) is 10.4 Å². The fourth-order valence-corrected chi connectivity index (χ4v) is 4.05. The van der Waals surface area contributed by atoms with Crippen molar-refractivity contribution in [1.82, 2.24) is 14.4 Å². The van der Waals surface area contributed by atoms with Gasteiger partial charge < -0.3 is 16.2 Å². The van der Waals surface area contributed by atoms with E-state index in [0.717, 1.165) is 32.1 Å². The molecule has 0 unspecified atom stereocenters. The maximum Gasteiger partial charge on any atom is 0.335 e. The van der Waals surface area contributed by atoms with Crippen molar-refractivity contribution in [3.05, 3.63) is 47.8 Å². The highest BCUT2D eigenvalue weighted by Gasteiger charge is 2.15. The molecule has 132 valence electrons. The third-order valence-corrected chi connectivity index (χ3v) is 5.27. The molecule has 3 aromatic heterocycles. The summed E-state index contributed by atoms with van der Waals surface area (Å²) in [5.74, 6) is -0.244. The van der Waals surface area contributed by atoms with E-state index in [1.165, 1.54) is 0 Å². The second-order valence-electron chi connectivity index (χ2n) is 5.92. The van der Waals surface area contributed by atoms with Gasteiger partial charge in [0.25, 0.3) is 0 Å². The van der Waals surface area contributed by atoms with Gasteiger partial charge in [-0.2, -0.15) is 0 Å². The van der Waals surface area contributed by atoms with Crippen LogP contribution in [-0.2, 0) is 0 Å². The Hall–Kier alpha value is -2.97. The number of rotatable bonds is 5. The van der Waals surface area contributed by atoms with Crippen LogP contribution in [0, 0.1) is 6.92 Å². The lowest BCUT2D eigenvalue weighted by atomic mass is 10.1. The van der Waals surface area contributed by atoms with Crippen molar-refractivity contribution in [2.45, 2.75) is 6.92 Å². The van der Waals surface area contributed by atoms with Gasteiger partial charge in [-0.3, -0.25) is 4.40 Å². The van der Waals surface area contributed by atoms with E-state index < -0.39 is 5.97 Å². The Morgan fingerprint density at radius 1 is 1.38 bits per heavy atom. The first kappa shape index (κ1) is 16.5. The molecule has 0 saturated heterocycles. The van der Waals surface area contributed by atoms with Crippen LogP contribution in [0.3, 0.4) is 0 Å². The van der Waals surface area contributed by atoms with Crippen LogP contribution >= 0.6 is 11.3 Å². The topological polar surface area (TPSA) is 106 Å². The fraction of sp³-hybridized carbons (Fsp3) is 0.167. The van der Waals surface area contributed by atoms with Crippen LogP contribution in [0.15, 0.2) is 36.5 Å². The van der Waals surface area contributed by atoms with Gasteiger partial charge in [0.05, 0.1) is 5.56 Å². The summed E-state index contributed by atoms with van der Waals surface area (Å²) in [7, 11) is 0. The van der Waals surface area contributed by atoms with E-state index in [4.69, 9.17) is 10.7 Å². The zero-order valence-electron chi connectivity index (χ0n) is 14.1. The summed E-state index contributed by atoms with van der Waals surface area (Å²) < 4.78 is 2.07. The number of aromatic carboxylic acids is 1. The van der Waals surface area contributed by atoms with E-state index in [0.29, 0.717) is 18.9 Å². The number of hydrogen-bond acceptors (Lipinski definition) is 6. The molecule has 0 fully saturated rings. The quantitative estimate of drug-likeness (QED) is 0.501. The van der Waals surface area contributed by atoms with Crippen LogP contribution in [0.2, 0.25) is 0 Å². The van der Waals surface area contributed by atoms with Crippen molar-refractivity contribution < 1.29 is 9.90 Å². The van der Waals surface area contributed by atoms with Crippen molar-refractivity contribution in [2.24, 2.45) is 5.73 Å². The van der Waals surface area contributed by atoms with Gasteiger partial charge in [0.1, 0.15) is 10.3 Å². The molecule has 7 nitrogen and oxygen atoms in total. The number of aryl methyl sites for hydroxylation is 1. The average molecular weight is 367 g/mol. The number of nitrogens with two attached hydrogens (primary N) is 1. The molecule has 4 N–H and O–H groups in total. The lowest BCUT2D eigenvalue weighted by Gasteiger charge is -2.07. The van der Waals surface area contributed by atoms with Crippen molar-refractivity contribution in [2.75, 3.05) is 18.4 Å². The molecule has 0 aliphatic rings. The number of aromatic nitrogens is 3. The highest BCUT2D eigenvalue weighted by molar-refractivity contribution is 7.21. The van der Waals surface area contributed by atoms with Crippen molar-refractivity contribution >= 4 is 39.1 Å². The summed E-state index contributed by atoms with van der Waals surface area (Å²) in [5.41, 5.74) is 9.32. The summed E-state index contributed by atoms with van der Waals surface area (Å²) in [6.07, 6.45) is 1.81. The zero-order chi connectivity index (χ0) is 18.3. The maximum atomic E-state index is 11.2. The molecular weight excluding hydrogens is 350 g/mol. The number of fused-ring (bicyclic) bond motifs is 3. The first-order valence-corrected chi connectivity index (χ1v) is 8.95. The molecule has 4 rings (SSSR count). The highest BCUT2D eigenvalue weighted by Crippen LogP contribution is 2.35. The van der Waals surface area contributed by atoms with Gasteiger partial charge >= 0.3 is 5.97 Å². The molecule has 0 aliphatic heterocycles. The van der Waals surface area contributed by atoms with Gasteiger partial charge in [0, 0.05) is 29.9 Å². The van der Waals surface area contributed by atoms with Crippen LogP contribution in [0.25, 0.3) is 26.4 Å². The second-order valence-corrected chi connectivity index (χ2v) is 6.95. The number of hydrogen-bond donors (Lipinski definition) is 3. The SMILES string of the molecule is Cc1cnc2c(NCCN)nc3cc(-c4cccc(C(=O)O)c4)sc3n12. The number of benzene rings is 1. The van der Waals surface area contributed by atoms with Crippen LogP contribution in [0.5, 0.6) is 0 Å². The van der Waals surface area contributed by atoms with Crippen LogP contribution in [0.1, 0.15) is 16.1 Å². The fourth-order valence-electron chi connectivity index (χ4n) is 2.90. The molecule has 26 heavy (non-hydrogen) atoms. The molecule has 3 heterocycles. The van der Waals surface area contributed by atoms with E-state index in [9.17, 15) is 9.90 Å². The van der Waals surface area contributed by atoms with Crippen LogP contribution < -0.4 is 11.1 Å². The minimum Gasteiger partial charge on any atom is -0.478 e. The Kier molecular flexibility index (Phi) is 4.06. The third-order valence-electron chi connectivity index (χ3n) is 4.11. The number of carboxylic acid groups (broad SMARTS) is 1. The monoisotopic (exact) mass is 367 g/mol. The Morgan fingerprint density at radius 3 is 3.00 bits per heavy atom. The van der Waals surface area contributed by atoms with E-state index >= 15 is 0 Å². The van der Waals surface area contributed by atoms with E-state index in [2.05, 4.69) is 14.7 Å². The number of carboxylic acids is 1. The Labute approximate surface area is 153 Å². The van der Waals surface area contributed by atoms with Gasteiger partial charge in [0.15, 0.2) is 11.5 Å². The standard InChI is InChI=1S/C18H17N5O2S/c1-10-9-21-16-15(20-6-5-19)22-13-8-14(26-17(13)23(10)16)11-3-2-4-12(7-11)18(24)25/h2-4,7-9H,5-6,19H2,1H3,(H,20,22)(H,24,25). The van der Waals surface area contributed by atoms with Gasteiger partial charge in [-0.15, -0.1) is 11.3 Å². The van der Waals surface area contributed by atoms with Crippen molar-refractivity contribution in [1.29, 1.82) is 0 Å². The summed E-state index contributed by atoms with van der Waals surface area (Å²) in [6.45, 7) is 3.11. The van der Waals surface area contributed by atoms with E-state index in [-0.39, 0.29) is 5.56 Å². The average Bonchev–Trinajstić information content (AvgIpc) is 3.23. The molecule has 0 atom stereocenters. The first-order valence-electron chi connectivity index (χ1n) is 8.14. The molecule has 0 amide bonds. The summed E-state index contributed by atoms with van der Waals surface area (Å²) in [4.78, 5) is 22.4. The zero-order valence-corrected chi connectivity index (χ0v) is 14.9. The highest BCUT2D eigenvalue weighted by atomic mass is 32.1. The molecule has 0 spiro atoms. The minimum absolute atomic E-state index is 0.266. The summed E-state index contributed by atoms with van der Waals surface area (Å²) >= 11 is 1.57. The predicted molar refractivity (Wildman–Crippen MR) is 103 cm³/mol. The summed E-state index contributed by atoms with van der Waals surface area (Å²) in [6, 6.07) is 8.90. The lowest BCUT2D eigenvalue weighted by Crippen LogP contribution is -2.14. The Balaban J connectivity index is 1.92. The van der Waals surface area contributed by atoms with Crippen LogP contribution in [0.4, 0.5) is 5.82 Å². The Morgan fingerprint density at radius 2 is 2.23 bits per heavy atom. The number of carbonyl (C=O) groups is 1. The lowest BCUT2D eigenvalue weighted by molar-refractivity contribution is 0.0697. The van der Waals surface area contributed by atoms with Gasteiger partial charge in [-0.1, -0.05) is 12.1 Å². The molecule has 8 heteroatoms. The maximum absolute atomic E-state index is 11.2. The number of anilines is 1. The predicted octanol–water partition coefficient (Wildman–Crippen LogP) is 2.99. The second kappa shape index (κ2) is 6.40. The van der Waals surface area contributed by atoms with Gasteiger partial charge in [-0.25, -0.2) is 14.8 Å². The number of thiophene rings is 1. The van der Waals surface area contributed by atoms with Crippen LogP contribution in [-0.4, -0.2) is 38.5 Å². The van der Waals surface area contributed by atoms with E-state index in [1.807, 2.05) is 25.3 Å². The molecule has 0 bridgehead atoms. The minimum atomic E-state index is -0.938. The first-order chi connectivity index (χ1) is 12.6. The third kappa shape index (κ3) is 2.69.